The molecule has 0 fully saturated rings. The smallest absolute Gasteiger partial charge is 0.254 e. The predicted molar refractivity (Wildman–Crippen MR) is 98.2 cm³/mol. The highest BCUT2D eigenvalue weighted by molar-refractivity contribution is 5.93. The number of nitrogens with one attached hydrogen (secondary N) is 1. The molecule has 0 aliphatic heterocycles. The summed E-state index contributed by atoms with van der Waals surface area (Å²) in [4.78, 5) is 22.7. The highest BCUT2D eigenvalue weighted by atomic mass is 16.1. The van der Waals surface area contributed by atoms with E-state index >= 15 is 0 Å². The van der Waals surface area contributed by atoms with Crippen molar-refractivity contribution in [1.29, 1.82) is 0 Å². The molecular weight excluding hydrogens is 312 g/mol. The molecule has 2 aromatic carbocycles. The number of rotatable bonds is 6. The Morgan fingerprint density at radius 2 is 1.48 bits per heavy atom. The molecule has 0 aliphatic rings. The Morgan fingerprint density at radius 3 is 2.08 bits per heavy atom. The SMILES string of the molecule is CN(Cc1ccccc1)c1ncc(C(=O)NCc2ccccc2)cn1. The predicted octanol–water partition coefficient (Wildman–Crippen LogP) is 3.04. The molecule has 3 aromatic rings. The Balaban J connectivity index is 1.58. The fourth-order valence-electron chi connectivity index (χ4n) is 2.44. The molecule has 0 bridgehead atoms. The number of carbonyl (C=O) groups is 1. The van der Waals surface area contributed by atoms with Gasteiger partial charge in [-0.05, 0) is 11.1 Å². The first kappa shape index (κ1) is 16.6. The van der Waals surface area contributed by atoms with Crippen LogP contribution in [0.15, 0.2) is 73.1 Å². The second kappa shape index (κ2) is 8.06. The summed E-state index contributed by atoms with van der Waals surface area (Å²) >= 11 is 0. The highest BCUT2D eigenvalue weighted by Crippen LogP contribution is 2.10. The monoisotopic (exact) mass is 332 g/mol. The van der Waals surface area contributed by atoms with Crippen molar-refractivity contribution in [2.75, 3.05) is 11.9 Å². The summed E-state index contributed by atoms with van der Waals surface area (Å²) in [5, 5.41) is 2.87. The third-order valence-corrected chi connectivity index (χ3v) is 3.80. The van der Waals surface area contributed by atoms with E-state index < -0.39 is 0 Å². The van der Waals surface area contributed by atoms with Crippen molar-refractivity contribution in [2.45, 2.75) is 13.1 Å². The maximum absolute atomic E-state index is 12.2. The molecule has 0 atom stereocenters. The van der Waals surface area contributed by atoms with Gasteiger partial charge in [0.25, 0.3) is 5.91 Å². The largest absolute Gasteiger partial charge is 0.348 e. The standard InChI is InChI=1S/C20H20N4O/c1-24(15-17-10-6-3-7-11-17)20-22-13-18(14-23-20)19(25)21-12-16-8-4-2-5-9-16/h2-11,13-14H,12,15H2,1H3,(H,21,25). The molecule has 0 radical (unpaired) electrons. The Bertz CT molecular complexity index is 804. The number of nitrogens with zero attached hydrogens (tertiary/aromatic N) is 3. The zero-order chi connectivity index (χ0) is 17.5. The van der Waals surface area contributed by atoms with Crippen LogP contribution in [0, 0.1) is 0 Å². The van der Waals surface area contributed by atoms with Crippen LogP contribution in [-0.2, 0) is 13.1 Å². The van der Waals surface area contributed by atoms with Gasteiger partial charge < -0.3 is 10.2 Å². The lowest BCUT2D eigenvalue weighted by Crippen LogP contribution is -2.24. The quantitative estimate of drug-likeness (QED) is 0.754. The summed E-state index contributed by atoms with van der Waals surface area (Å²) in [6.45, 7) is 1.19. The van der Waals surface area contributed by atoms with Gasteiger partial charge in [0.2, 0.25) is 5.95 Å². The first-order chi connectivity index (χ1) is 12.2. The van der Waals surface area contributed by atoms with Crippen LogP contribution in [-0.4, -0.2) is 22.9 Å². The zero-order valence-corrected chi connectivity index (χ0v) is 14.1. The van der Waals surface area contributed by atoms with Crippen LogP contribution >= 0.6 is 0 Å². The minimum absolute atomic E-state index is 0.180. The molecule has 5 heteroatoms. The van der Waals surface area contributed by atoms with Crippen molar-refractivity contribution in [3.05, 3.63) is 89.7 Å². The molecule has 126 valence electrons. The number of benzene rings is 2. The molecular formula is C20H20N4O. The minimum Gasteiger partial charge on any atom is -0.348 e. The van der Waals surface area contributed by atoms with Gasteiger partial charge in [0.05, 0.1) is 5.56 Å². The van der Waals surface area contributed by atoms with E-state index in [1.54, 1.807) is 12.4 Å². The Kier molecular flexibility index (Phi) is 5.36. The Morgan fingerprint density at radius 1 is 0.920 bits per heavy atom. The average molecular weight is 332 g/mol. The molecule has 3 rings (SSSR count). The molecule has 0 saturated carbocycles. The molecule has 0 saturated heterocycles. The first-order valence-electron chi connectivity index (χ1n) is 8.11. The fourth-order valence-corrected chi connectivity index (χ4v) is 2.44. The van der Waals surface area contributed by atoms with Gasteiger partial charge in [-0.1, -0.05) is 60.7 Å². The van der Waals surface area contributed by atoms with Crippen LogP contribution in [0.4, 0.5) is 5.95 Å². The van der Waals surface area contributed by atoms with Gasteiger partial charge in [-0.15, -0.1) is 0 Å². The second-order valence-electron chi connectivity index (χ2n) is 5.78. The first-order valence-corrected chi connectivity index (χ1v) is 8.11. The van der Waals surface area contributed by atoms with Gasteiger partial charge >= 0.3 is 0 Å². The molecule has 0 spiro atoms. The number of carbonyl (C=O) groups excluding carboxylic acids is 1. The van der Waals surface area contributed by atoms with Crippen molar-refractivity contribution < 1.29 is 4.79 Å². The Hall–Kier alpha value is -3.21. The normalized spacial score (nSPS) is 10.3. The summed E-state index contributed by atoms with van der Waals surface area (Å²) in [5.41, 5.74) is 2.68. The summed E-state index contributed by atoms with van der Waals surface area (Å²) in [5.74, 6) is 0.407. The lowest BCUT2D eigenvalue weighted by Gasteiger charge is -2.17. The summed E-state index contributed by atoms with van der Waals surface area (Å²) in [6.07, 6.45) is 3.12. The van der Waals surface area contributed by atoms with E-state index in [0.717, 1.165) is 5.56 Å². The molecule has 1 amide bonds. The van der Waals surface area contributed by atoms with Gasteiger partial charge in [0.15, 0.2) is 0 Å². The van der Waals surface area contributed by atoms with Crippen molar-refractivity contribution in [2.24, 2.45) is 0 Å². The van der Waals surface area contributed by atoms with Gasteiger partial charge in [-0.25, -0.2) is 9.97 Å². The van der Waals surface area contributed by atoms with E-state index in [2.05, 4.69) is 27.4 Å². The maximum Gasteiger partial charge on any atom is 0.254 e. The number of hydrogen-bond acceptors (Lipinski definition) is 4. The fraction of sp³-hybridized carbons (Fsp3) is 0.150. The third kappa shape index (κ3) is 4.64. The van der Waals surface area contributed by atoms with E-state index in [1.165, 1.54) is 5.56 Å². The third-order valence-electron chi connectivity index (χ3n) is 3.80. The van der Waals surface area contributed by atoms with Gasteiger partial charge in [0.1, 0.15) is 0 Å². The van der Waals surface area contributed by atoms with Crippen molar-refractivity contribution >= 4 is 11.9 Å². The van der Waals surface area contributed by atoms with E-state index in [-0.39, 0.29) is 5.91 Å². The van der Waals surface area contributed by atoms with Crippen LogP contribution in [0.5, 0.6) is 0 Å². The molecule has 25 heavy (non-hydrogen) atoms. The average Bonchev–Trinajstić information content (AvgIpc) is 2.68. The van der Waals surface area contributed by atoms with Crippen molar-refractivity contribution in [1.82, 2.24) is 15.3 Å². The van der Waals surface area contributed by atoms with Crippen LogP contribution in [0.3, 0.4) is 0 Å². The summed E-state index contributed by atoms with van der Waals surface area (Å²) < 4.78 is 0. The van der Waals surface area contributed by atoms with Crippen molar-refractivity contribution in [3.63, 3.8) is 0 Å². The number of hydrogen-bond donors (Lipinski definition) is 1. The summed E-state index contributed by atoms with van der Waals surface area (Å²) in [7, 11) is 1.93. The van der Waals surface area contributed by atoms with Crippen molar-refractivity contribution in [3.8, 4) is 0 Å². The van der Waals surface area contributed by atoms with E-state index in [1.807, 2.05) is 60.5 Å². The van der Waals surface area contributed by atoms with Crippen LogP contribution in [0.2, 0.25) is 0 Å². The van der Waals surface area contributed by atoms with Gasteiger partial charge in [0, 0.05) is 32.5 Å². The molecule has 0 aliphatic carbocycles. The van der Waals surface area contributed by atoms with Crippen LogP contribution < -0.4 is 10.2 Å². The maximum atomic E-state index is 12.2. The second-order valence-corrected chi connectivity index (χ2v) is 5.78. The number of anilines is 1. The van der Waals surface area contributed by atoms with Crippen LogP contribution in [0.25, 0.3) is 0 Å². The molecule has 1 aromatic heterocycles. The zero-order valence-electron chi connectivity index (χ0n) is 14.1. The minimum atomic E-state index is -0.180. The molecule has 1 N–H and O–H groups in total. The van der Waals surface area contributed by atoms with Gasteiger partial charge in [-0.2, -0.15) is 0 Å². The molecule has 1 heterocycles. The van der Waals surface area contributed by atoms with E-state index in [9.17, 15) is 4.79 Å². The lowest BCUT2D eigenvalue weighted by molar-refractivity contribution is 0.0950. The molecule has 5 nitrogen and oxygen atoms in total. The number of aromatic nitrogens is 2. The highest BCUT2D eigenvalue weighted by Gasteiger charge is 2.09. The lowest BCUT2D eigenvalue weighted by atomic mass is 10.2. The number of amides is 1. The topological polar surface area (TPSA) is 58.1 Å². The van der Waals surface area contributed by atoms with E-state index in [4.69, 9.17) is 0 Å². The Labute approximate surface area is 147 Å². The van der Waals surface area contributed by atoms with Gasteiger partial charge in [-0.3, -0.25) is 4.79 Å². The van der Waals surface area contributed by atoms with Crippen LogP contribution in [0.1, 0.15) is 21.5 Å². The summed E-state index contributed by atoms with van der Waals surface area (Å²) in [6, 6.07) is 19.9. The van der Waals surface area contributed by atoms with E-state index in [0.29, 0.717) is 24.6 Å². The molecule has 0 unspecified atom stereocenters.